The molecule has 1 rings (SSSR count). The average Bonchev–Trinajstić information content (AvgIpc) is 2.33. The number of methoxy groups -OCH3 is 1. The Labute approximate surface area is 121 Å². The molecular formula is C11H14ClFN2O4S. The largest absolute Gasteiger partial charge is 0.380 e. The van der Waals surface area contributed by atoms with Gasteiger partial charge in [0, 0.05) is 13.7 Å². The average molecular weight is 325 g/mol. The van der Waals surface area contributed by atoms with Crippen LogP contribution in [-0.4, -0.2) is 34.1 Å². The van der Waals surface area contributed by atoms with Gasteiger partial charge in [-0.05, 0) is 19.1 Å². The van der Waals surface area contributed by atoms with E-state index < -0.39 is 32.2 Å². The van der Waals surface area contributed by atoms with E-state index in [1.165, 1.54) is 7.11 Å². The van der Waals surface area contributed by atoms with Crippen LogP contribution in [-0.2, 0) is 14.8 Å². The predicted molar refractivity (Wildman–Crippen MR) is 71.6 cm³/mol. The molecule has 0 saturated carbocycles. The first-order chi connectivity index (χ1) is 9.16. The van der Waals surface area contributed by atoms with E-state index in [9.17, 15) is 17.6 Å². The van der Waals surface area contributed by atoms with Gasteiger partial charge in [0.05, 0.1) is 16.7 Å². The van der Waals surface area contributed by atoms with E-state index in [4.69, 9.17) is 21.5 Å². The summed E-state index contributed by atoms with van der Waals surface area (Å²) in [5.41, 5.74) is -0.457. The van der Waals surface area contributed by atoms with E-state index in [2.05, 4.69) is 5.32 Å². The molecule has 112 valence electrons. The molecule has 0 fully saturated rings. The second-order valence-corrected chi connectivity index (χ2v) is 6.00. The van der Waals surface area contributed by atoms with Gasteiger partial charge in [-0.1, -0.05) is 11.6 Å². The first-order valence-electron chi connectivity index (χ1n) is 5.49. The number of nitrogens with one attached hydrogen (secondary N) is 1. The quantitative estimate of drug-likeness (QED) is 0.840. The normalized spacial score (nSPS) is 13.1. The molecule has 1 aromatic rings. The molecular weight excluding hydrogens is 311 g/mol. The van der Waals surface area contributed by atoms with Crippen molar-refractivity contribution < 1.29 is 22.3 Å². The highest BCUT2D eigenvalue weighted by Crippen LogP contribution is 2.24. The van der Waals surface area contributed by atoms with Gasteiger partial charge in [0.1, 0.15) is 10.7 Å². The van der Waals surface area contributed by atoms with Gasteiger partial charge in [-0.15, -0.1) is 0 Å². The van der Waals surface area contributed by atoms with Gasteiger partial charge < -0.3 is 10.1 Å². The van der Waals surface area contributed by atoms with Crippen LogP contribution in [0.2, 0.25) is 5.02 Å². The highest BCUT2D eigenvalue weighted by Gasteiger charge is 2.20. The Bertz CT molecular complexity index is 621. The minimum absolute atomic E-state index is 0.141. The fourth-order valence-corrected chi connectivity index (χ4v) is 2.42. The molecule has 1 unspecified atom stereocenters. The number of primary sulfonamides is 1. The summed E-state index contributed by atoms with van der Waals surface area (Å²) >= 11 is 5.59. The van der Waals surface area contributed by atoms with Gasteiger partial charge >= 0.3 is 0 Å². The van der Waals surface area contributed by atoms with Crippen molar-refractivity contribution >= 4 is 27.5 Å². The zero-order valence-corrected chi connectivity index (χ0v) is 12.4. The summed E-state index contributed by atoms with van der Waals surface area (Å²) in [4.78, 5) is 11.3. The molecule has 1 aromatic carbocycles. The first kappa shape index (κ1) is 16.8. The van der Waals surface area contributed by atoms with Crippen LogP contribution in [0.4, 0.5) is 4.39 Å². The Balaban J connectivity index is 3.10. The summed E-state index contributed by atoms with van der Waals surface area (Å²) in [5, 5.41) is 6.96. The van der Waals surface area contributed by atoms with Crippen molar-refractivity contribution in [2.45, 2.75) is 17.9 Å². The van der Waals surface area contributed by atoms with Gasteiger partial charge in [-0.2, -0.15) is 0 Å². The first-order valence-corrected chi connectivity index (χ1v) is 7.42. The highest BCUT2D eigenvalue weighted by atomic mass is 35.5. The highest BCUT2D eigenvalue weighted by molar-refractivity contribution is 7.89. The standard InChI is InChI=1S/C11H14ClFN2O4S/c1-6(19-2)5-15-11(16)7-3-10(20(14,17)18)8(12)4-9(7)13/h3-4,6H,5H2,1-2H3,(H,15,16)(H2,14,17,18). The molecule has 0 aliphatic rings. The lowest BCUT2D eigenvalue weighted by Crippen LogP contribution is -2.32. The maximum absolute atomic E-state index is 13.7. The number of rotatable bonds is 5. The number of carbonyl (C=O) groups is 1. The van der Waals surface area contributed by atoms with Gasteiger partial charge in [0.25, 0.3) is 5.91 Å². The van der Waals surface area contributed by atoms with Crippen molar-refractivity contribution in [1.82, 2.24) is 5.32 Å². The third-order valence-corrected chi connectivity index (χ3v) is 3.90. The second kappa shape index (κ2) is 6.49. The van der Waals surface area contributed by atoms with Gasteiger partial charge in [-0.25, -0.2) is 17.9 Å². The summed E-state index contributed by atoms with van der Waals surface area (Å²) in [6.07, 6.45) is -0.271. The van der Waals surface area contributed by atoms with Crippen molar-refractivity contribution in [3.05, 3.63) is 28.5 Å². The molecule has 0 aromatic heterocycles. The Hall–Kier alpha value is -1.22. The molecule has 1 amide bonds. The molecule has 0 radical (unpaired) electrons. The van der Waals surface area contributed by atoms with Crippen LogP contribution in [0.1, 0.15) is 17.3 Å². The number of hydrogen-bond donors (Lipinski definition) is 2. The van der Waals surface area contributed by atoms with Crippen LogP contribution in [0.3, 0.4) is 0 Å². The van der Waals surface area contributed by atoms with Crippen molar-refractivity contribution in [2.75, 3.05) is 13.7 Å². The SMILES string of the molecule is COC(C)CNC(=O)c1cc(S(N)(=O)=O)c(Cl)cc1F. The number of amides is 1. The van der Waals surface area contributed by atoms with E-state index in [0.717, 1.165) is 12.1 Å². The molecule has 0 aliphatic heterocycles. The Morgan fingerprint density at radius 2 is 2.15 bits per heavy atom. The number of carbonyl (C=O) groups excluding carboxylic acids is 1. The lowest BCUT2D eigenvalue weighted by Gasteiger charge is -2.12. The third kappa shape index (κ3) is 4.14. The van der Waals surface area contributed by atoms with Crippen molar-refractivity contribution in [3.63, 3.8) is 0 Å². The molecule has 0 heterocycles. The smallest absolute Gasteiger partial charge is 0.254 e. The van der Waals surface area contributed by atoms with E-state index in [0.29, 0.717) is 0 Å². The van der Waals surface area contributed by atoms with Crippen LogP contribution in [0.15, 0.2) is 17.0 Å². The fourth-order valence-electron chi connectivity index (χ4n) is 1.34. The lowest BCUT2D eigenvalue weighted by molar-refractivity contribution is 0.0866. The number of ether oxygens (including phenoxy) is 1. The number of sulfonamides is 1. The number of hydrogen-bond acceptors (Lipinski definition) is 4. The topological polar surface area (TPSA) is 98.5 Å². The molecule has 0 spiro atoms. The Morgan fingerprint density at radius 3 is 2.65 bits per heavy atom. The molecule has 20 heavy (non-hydrogen) atoms. The molecule has 9 heteroatoms. The number of nitrogens with two attached hydrogens (primary N) is 1. The minimum Gasteiger partial charge on any atom is -0.380 e. The predicted octanol–water partition coefficient (Wildman–Crippen LogP) is 0.891. The van der Waals surface area contributed by atoms with Crippen LogP contribution in [0.25, 0.3) is 0 Å². The van der Waals surface area contributed by atoms with Crippen molar-refractivity contribution in [1.29, 1.82) is 0 Å². The molecule has 0 aliphatic carbocycles. The zero-order valence-electron chi connectivity index (χ0n) is 10.8. The summed E-state index contributed by atoms with van der Waals surface area (Å²) in [6.45, 7) is 1.84. The van der Waals surface area contributed by atoms with Gasteiger partial charge in [0.2, 0.25) is 10.0 Å². The van der Waals surface area contributed by atoms with Crippen LogP contribution < -0.4 is 10.5 Å². The second-order valence-electron chi connectivity index (χ2n) is 4.06. The fraction of sp³-hybridized carbons (Fsp3) is 0.364. The summed E-state index contributed by atoms with van der Waals surface area (Å²) in [5.74, 6) is -1.72. The Kier molecular flexibility index (Phi) is 5.46. The molecule has 3 N–H and O–H groups in total. The summed E-state index contributed by atoms with van der Waals surface area (Å²) in [7, 11) is -2.69. The van der Waals surface area contributed by atoms with Crippen LogP contribution in [0, 0.1) is 5.82 Å². The van der Waals surface area contributed by atoms with Crippen molar-refractivity contribution in [3.8, 4) is 0 Å². The van der Waals surface area contributed by atoms with Gasteiger partial charge in [0.15, 0.2) is 0 Å². The monoisotopic (exact) mass is 324 g/mol. The van der Waals surface area contributed by atoms with Crippen LogP contribution >= 0.6 is 11.6 Å². The minimum atomic E-state index is -4.15. The molecule has 0 bridgehead atoms. The van der Waals surface area contributed by atoms with E-state index in [1.54, 1.807) is 6.92 Å². The van der Waals surface area contributed by atoms with Gasteiger partial charge in [-0.3, -0.25) is 4.79 Å². The summed E-state index contributed by atoms with van der Waals surface area (Å²) < 4.78 is 41.1. The maximum Gasteiger partial charge on any atom is 0.254 e. The van der Waals surface area contributed by atoms with E-state index >= 15 is 0 Å². The number of halogens is 2. The molecule has 6 nitrogen and oxygen atoms in total. The van der Waals surface area contributed by atoms with E-state index in [1.807, 2.05) is 0 Å². The number of benzene rings is 1. The molecule has 1 atom stereocenters. The zero-order chi connectivity index (χ0) is 15.5. The van der Waals surface area contributed by atoms with E-state index in [-0.39, 0.29) is 17.7 Å². The summed E-state index contributed by atoms with van der Waals surface area (Å²) in [6, 6.07) is 1.54. The van der Waals surface area contributed by atoms with Crippen molar-refractivity contribution in [2.24, 2.45) is 5.14 Å². The molecule has 0 saturated heterocycles. The maximum atomic E-state index is 13.7. The third-order valence-electron chi connectivity index (χ3n) is 2.53. The Morgan fingerprint density at radius 1 is 1.55 bits per heavy atom. The lowest BCUT2D eigenvalue weighted by atomic mass is 10.2. The van der Waals surface area contributed by atoms with Crippen LogP contribution in [0.5, 0.6) is 0 Å².